The van der Waals surface area contributed by atoms with Crippen LogP contribution in [0.4, 0.5) is 13.2 Å². The van der Waals surface area contributed by atoms with E-state index in [0.717, 1.165) is 12.1 Å². The van der Waals surface area contributed by atoms with E-state index in [1.807, 2.05) is 0 Å². The highest BCUT2D eigenvalue weighted by molar-refractivity contribution is 5.19. The van der Waals surface area contributed by atoms with Gasteiger partial charge in [-0.1, -0.05) is 5.18 Å². The van der Waals surface area contributed by atoms with Gasteiger partial charge >= 0.3 is 0 Å². The Hall–Kier alpha value is -1.39. The SMILES string of the molecule is O=NCc1cc(F)c(F)c(F)c1. The third-order valence-corrected chi connectivity index (χ3v) is 1.29. The second kappa shape index (κ2) is 3.34. The quantitative estimate of drug-likeness (QED) is 0.501. The van der Waals surface area contributed by atoms with Gasteiger partial charge in [-0.15, -0.1) is 0 Å². The summed E-state index contributed by atoms with van der Waals surface area (Å²) in [6.45, 7) is -0.367. The van der Waals surface area contributed by atoms with E-state index in [2.05, 4.69) is 5.18 Å². The van der Waals surface area contributed by atoms with E-state index in [0.29, 0.717) is 0 Å². The first-order valence-electron chi connectivity index (χ1n) is 3.07. The van der Waals surface area contributed by atoms with Crippen molar-refractivity contribution in [3.8, 4) is 0 Å². The average molecular weight is 175 g/mol. The maximum absolute atomic E-state index is 12.4. The van der Waals surface area contributed by atoms with E-state index in [1.165, 1.54) is 0 Å². The van der Waals surface area contributed by atoms with E-state index >= 15 is 0 Å². The minimum Gasteiger partial charge on any atom is -0.204 e. The molecule has 0 atom stereocenters. The predicted molar refractivity (Wildman–Crippen MR) is 35.8 cm³/mol. The van der Waals surface area contributed by atoms with Crippen molar-refractivity contribution in [3.63, 3.8) is 0 Å². The van der Waals surface area contributed by atoms with E-state index in [9.17, 15) is 18.1 Å². The van der Waals surface area contributed by atoms with Crippen LogP contribution in [-0.2, 0) is 6.54 Å². The third-order valence-electron chi connectivity index (χ3n) is 1.29. The molecule has 0 amide bonds. The molecule has 0 saturated carbocycles. The van der Waals surface area contributed by atoms with Crippen molar-refractivity contribution in [1.82, 2.24) is 0 Å². The fourth-order valence-electron chi connectivity index (χ4n) is 0.774. The Morgan fingerprint density at radius 1 is 1.17 bits per heavy atom. The monoisotopic (exact) mass is 175 g/mol. The highest BCUT2D eigenvalue weighted by Crippen LogP contribution is 2.13. The van der Waals surface area contributed by atoms with Crippen molar-refractivity contribution in [2.45, 2.75) is 6.54 Å². The van der Waals surface area contributed by atoms with Gasteiger partial charge in [0, 0.05) is 0 Å². The van der Waals surface area contributed by atoms with Gasteiger partial charge in [-0.3, -0.25) is 0 Å². The summed E-state index contributed by atoms with van der Waals surface area (Å²) < 4.78 is 37.1. The lowest BCUT2D eigenvalue weighted by Gasteiger charge is -1.97. The molecule has 1 aromatic carbocycles. The van der Waals surface area contributed by atoms with Gasteiger partial charge in [0.25, 0.3) is 0 Å². The molecule has 0 aromatic heterocycles. The van der Waals surface area contributed by atoms with E-state index in [4.69, 9.17) is 0 Å². The van der Waals surface area contributed by atoms with Crippen LogP contribution < -0.4 is 0 Å². The second-order valence-corrected chi connectivity index (χ2v) is 2.16. The van der Waals surface area contributed by atoms with Crippen molar-refractivity contribution in [2.24, 2.45) is 5.18 Å². The molecular formula is C7H4F3NO. The summed E-state index contributed by atoms with van der Waals surface area (Å²) in [5.41, 5.74) is 0.0152. The summed E-state index contributed by atoms with van der Waals surface area (Å²) in [4.78, 5) is 9.69. The maximum Gasteiger partial charge on any atom is 0.194 e. The van der Waals surface area contributed by atoms with Gasteiger partial charge in [-0.2, -0.15) is 4.91 Å². The first kappa shape index (κ1) is 8.70. The molecule has 0 bridgehead atoms. The highest BCUT2D eigenvalue weighted by Gasteiger charge is 2.09. The normalized spacial score (nSPS) is 9.92. The topological polar surface area (TPSA) is 29.4 Å². The summed E-state index contributed by atoms with van der Waals surface area (Å²) >= 11 is 0. The molecule has 0 aliphatic rings. The molecule has 0 radical (unpaired) electrons. The Morgan fingerprint density at radius 3 is 2.08 bits per heavy atom. The molecule has 0 heterocycles. The van der Waals surface area contributed by atoms with Crippen molar-refractivity contribution >= 4 is 0 Å². The number of nitrogens with zero attached hydrogens (tertiary/aromatic N) is 1. The Bertz CT molecular complexity index is 291. The molecule has 0 N–H and O–H groups in total. The van der Waals surface area contributed by atoms with Crippen molar-refractivity contribution in [3.05, 3.63) is 40.1 Å². The summed E-state index contributed by atoms with van der Waals surface area (Å²) in [6, 6.07) is 1.47. The fraction of sp³-hybridized carbons (Fsp3) is 0.143. The molecule has 0 spiro atoms. The molecule has 0 saturated heterocycles. The van der Waals surface area contributed by atoms with Gasteiger partial charge in [0.15, 0.2) is 17.5 Å². The number of hydrogen-bond acceptors (Lipinski definition) is 2. The van der Waals surface area contributed by atoms with Gasteiger partial charge in [0.2, 0.25) is 0 Å². The first-order chi connectivity index (χ1) is 5.65. The first-order valence-corrected chi connectivity index (χ1v) is 3.07. The molecule has 1 aromatic rings. The lowest BCUT2D eigenvalue weighted by atomic mass is 10.2. The van der Waals surface area contributed by atoms with Crippen LogP contribution >= 0.6 is 0 Å². The van der Waals surface area contributed by atoms with Crippen molar-refractivity contribution < 1.29 is 13.2 Å². The molecule has 0 unspecified atom stereocenters. The maximum atomic E-state index is 12.4. The smallest absolute Gasteiger partial charge is 0.194 e. The molecule has 5 heteroatoms. The lowest BCUT2D eigenvalue weighted by Crippen LogP contribution is -1.93. The minimum absolute atomic E-state index is 0.0152. The molecule has 2 nitrogen and oxygen atoms in total. The van der Waals surface area contributed by atoms with E-state index in [-0.39, 0.29) is 12.1 Å². The van der Waals surface area contributed by atoms with Crippen molar-refractivity contribution in [2.75, 3.05) is 0 Å². The van der Waals surface area contributed by atoms with Gasteiger partial charge < -0.3 is 0 Å². The Morgan fingerprint density at radius 2 is 1.67 bits per heavy atom. The second-order valence-electron chi connectivity index (χ2n) is 2.16. The number of nitroso groups, excluding NO2 is 1. The minimum atomic E-state index is -1.54. The van der Waals surface area contributed by atoms with Crippen LogP contribution in [0.2, 0.25) is 0 Å². The van der Waals surface area contributed by atoms with Crippen LogP contribution in [0.25, 0.3) is 0 Å². The zero-order valence-corrected chi connectivity index (χ0v) is 5.85. The Labute approximate surface area is 66.0 Å². The van der Waals surface area contributed by atoms with E-state index in [1.54, 1.807) is 0 Å². The van der Waals surface area contributed by atoms with Crippen LogP contribution in [-0.4, -0.2) is 0 Å². The Balaban J connectivity index is 3.11. The Kier molecular flexibility index (Phi) is 2.42. The molecule has 0 aliphatic heterocycles. The number of rotatable bonds is 2. The molecule has 12 heavy (non-hydrogen) atoms. The summed E-state index contributed by atoms with van der Waals surface area (Å²) in [6.07, 6.45) is 0. The third kappa shape index (κ3) is 1.61. The van der Waals surface area contributed by atoms with Crippen LogP contribution in [0, 0.1) is 22.4 Å². The molecule has 0 aliphatic carbocycles. The van der Waals surface area contributed by atoms with Crippen molar-refractivity contribution in [1.29, 1.82) is 0 Å². The number of halogens is 3. The standard InChI is InChI=1S/C7H4F3NO/c8-5-1-4(3-11-12)2-6(9)7(5)10/h1-2H,3H2. The summed E-state index contributed by atoms with van der Waals surface area (Å²) in [7, 11) is 0. The largest absolute Gasteiger partial charge is 0.204 e. The number of hydrogen-bond donors (Lipinski definition) is 0. The average Bonchev–Trinajstić information content (AvgIpc) is 2.01. The number of benzene rings is 1. The zero-order valence-electron chi connectivity index (χ0n) is 5.85. The highest BCUT2D eigenvalue weighted by atomic mass is 19.2. The zero-order chi connectivity index (χ0) is 9.14. The van der Waals surface area contributed by atoms with Gasteiger partial charge in [-0.05, 0) is 17.7 Å². The van der Waals surface area contributed by atoms with Gasteiger partial charge in [0.05, 0.1) is 0 Å². The molecule has 64 valence electrons. The van der Waals surface area contributed by atoms with Gasteiger partial charge in [-0.25, -0.2) is 13.2 Å². The lowest BCUT2D eigenvalue weighted by molar-refractivity contribution is 0.445. The van der Waals surface area contributed by atoms with Crippen LogP contribution in [0.1, 0.15) is 5.56 Å². The summed E-state index contributed by atoms with van der Waals surface area (Å²) in [5, 5.41) is 2.41. The van der Waals surface area contributed by atoms with Gasteiger partial charge in [0.1, 0.15) is 6.54 Å². The molecule has 0 fully saturated rings. The van der Waals surface area contributed by atoms with Crippen LogP contribution in [0.15, 0.2) is 17.3 Å². The predicted octanol–water partition coefficient (Wildman–Crippen LogP) is 2.37. The summed E-state index contributed by atoms with van der Waals surface area (Å²) in [5.74, 6) is -4.16. The fourth-order valence-corrected chi connectivity index (χ4v) is 0.774. The molecular weight excluding hydrogens is 171 g/mol. The molecule has 1 rings (SSSR count). The van der Waals surface area contributed by atoms with E-state index < -0.39 is 17.5 Å². The van der Waals surface area contributed by atoms with Crippen LogP contribution in [0.5, 0.6) is 0 Å². The van der Waals surface area contributed by atoms with Crippen LogP contribution in [0.3, 0.4) is 0 Å².